The third-order valence-electron chi connectivity index (χ3n) is 7.33. The summed E-state index contributed by atoms with van der Waals surface area (Å²) in [5.74, 6) is 0.684. The fourth-order valence-electron chi connectivity index (χ4n) is 5.56. The van der Waals surface area contributed by atoms with Crippen molar-refractivity contribution in [3.8, 4) is 5.75 Å². The number of allylic oxidation sites excluding steroid dienone is 2. The number of alkyl halides is 3. The predicted octanol–water partition coefficient (Wildman–Crippen LogP) is 6.93. The molecule has 2 heterocycles. The number of hydrogen-bond donors (Lipinski definition) is 1. The summed E-state index contributed by atoms with van der Waals surface area (Å²) in [6.07, 6.45) is 12.0. The number of benzene rings is 1. The number of thiazole rings is 1. The highest BCUT2D eigenvalue weighted by atomic mass is 32.1. The van der Waals surface area contributed by atoms with Crippen LogP contribution in [0.5, 0.6) is 5.75 Å². The van der Waals surface area contributed by atoms with Crippen LogP contribution in [0.15, 0.2) is 65.8 Å². The zero-order chi connectivity index (χ0) is 25.8. The van der Waals surface area contributed by atoms with Crippen LogP contribution in [-0.2, 0) is 13.1 Å². The van der Waals surface area contributed by atoms with Gasteiger partial charge in [0.2, 0.25) is 0 Å². The van der Waals surface area contributed by atoms with Crippen LogP contribution < -0.4 is 10.1 Å². The Morgan fingerprint density at radius 2 is 1.95 bits per heavy atom. The Morgan fingerprint density at radius 1 is 1.14 bits per heavy atom. The topological polar surface area (TPSA) is 40.6 Å². The molecule has 198 valence electrons. The van der Waals surface area contributed by atoms with Gasteiger partial charge in [-0.05, 0) is 37.1 Å². The molecule has 2 atom stereocenters. The summed E-state index contributed by atoms with van der Waals surface area (Å²) in [5, 5.41) is 6.38. The van der Waals surface area contributed by atoms with Gasteiger partial charge in [-0.3, -0.25) is 4.90 Å². The maximum Gasteiger partial charge on any atom is 0.573 e. The smallest absolute Gasteiger partial charge is 0.405 e. The Bertz CT molecular complexity index is 1150. The molecule has 1 aromatic heterocycles. The first-order valence-electron chi connectivity index (χ1n) is 12.9. The van der Waals surface area contributed by atoms with Gasteiger partial charge in [0.15, 0.2) is 5.13 Å². The summed E-state index contributed by atoms with van der Waals surface area (Å²) in [6, 6.07) is 6.76. The van der Waals surface area contributed by atoms with E-state index >= 15 is 0 Å². The van der Waals surface area contributed by atoms with Gasteiger partial charge in [-0.1, -0.05) is 55.7 Å². The fraction of sp³-hybridized carbons (Fsp3) is 0.464. The van der Waals surface area contributed by atoms with E-state index in [1.54, 1.807) is 29.5 Å². The second kappa shape index (κ2) is 11.3. The highest BCUT2D eigenvalue weighted by molar-refractivity contribution is 7.13. The monoisotopic (exact) mass is 530 g/mol. The Labute approximate surface area is 220 Å². The van der Waals surface area contributed by atoms with Crippen LogP contribution >= 0.6 is 11.3 Å². The Morgan fingerprint density at radius 3 is 2.76 bits per heavy atom. The fourth-order valence-corrected chi connectivity index (χ4v) is 6.28. The summed E-state index contributed by atoms with van der Waals surface area (Å²) in [6.45, 7) is 1.78. The molecular weight excluding hydrogens is 497 g/mol. The third kappa shape index (κ3) is 6.76. The van der Waals surface area contributed by atoms with E-state index in [0.29, 0.717) is 30.6 Å². The summed E-state index contributed by atoms with van der Waals surface area (Å²) < 4.78 is 43.4. The molecular formula is C28H33F3N4OS. The minimum Gasteiger partial charge on any atom is -0.405 e. The molecule has 2 unspecified atom stereocenters. The summed E-state index contributed by atoms with van der Waals surface area (Å²) in [5.41, 5.74) is 2.57. The molecule has 1 aromatic carbocycles. The van der Waals surface area contributed by atoms with Crippen molar-refractivity contribution in [2.45, 2.75) is 57.6 Å². The number of aromatic nitrogens is 1. The van der Waals surface area contributed by atoms with Gasteiger partial charge in [-0.25, -0.2) is 4.98 Å². The van der Waals surface area contributed by atoms with Crippen molar-refractivity contribution >= 4 is 16.5 Å². The summed E-state index contributed by atoms with van der Waals surface area (Å²) in [4.78, 5) is 9.27. The van der Waals surface area contributed by atoms with Crippen LogP contribution in [0.4, 0.5) is 18.3 Å². The molecule has 0 radical (unpaired) electrons. The van der Waals surface area contributed by atoms with Crippen molar-refractivity contribution < 1.29 is 17.9 Å². The first-order chi connectivity index (χ1) is 17.8. The number of anilines is 1. The average molecular weight is 531 g/mol. The predicted molar refractivity (Wildman–Crippen MR) is 141 cm³/mol. The molecule has 0 amide bonds. The van der Waals surface area contributed by atoms with Gasteiger partial charge in [0.25, 0.3) is 0 Å². The molecule has 0 spiro atoms. The highest BCUT2D eigenvalue weighted by Gasteiger charge is 2.32. The number of ether oxygens (including phenoxy) is 1. The van der Waals surface area contributed by atoms with Gasteiger partial charge in [-0.2, -0.15) is 0 Å². The van der Waals surface area contributed by atoms with Crippen LogP contribution in [0.2, 0.25) is 0 Å². The Kier molecular flexibility index (Phi) is 7.90. The van der Waals surface area contributed by atoms with Crippen molar-refractivity contribution in [2.24, 2.45) is 11.8 Å². The van der Waals surface area contributed by atoms with Crippen molar-refractivity contribution in [3.63, 3.8) is 0 Å². The quantitative estimate of drug-likeness (QED) is 0.381. The first-order valence-corrected chi connectivity index (χ1v) is 13.8. The molecule has 5 nitrogen and oxygen atoms in total. The molecule has 9 heteroatoms. The second-order valence-electron chi connectivity index (χ2n) is 10.1. The minimum absolute atomic E-state index is 0.134. The lowest BCUT2D eigenvalue weighted by Crippen LogP contribution is -2.31. The standard InChI is InChI=1S/C28H33F3N4OS/c1-34-15-14-23-24(11-7-12-25(23)34)33-27-32-22(19-37-27)18-35(16-20-8-3-2-4-9-20)17-21-10-5-6-13-26(21)36-28(29,30)31/h5-7,10-15,19-20,23,25H,2-4,8-9,16-18H2,1H3,(H,32,33). The SMILES string of the molecule is CN1C=CC2C(Nc3nc(CN(Cc4ccccc4OC(F)(F)F)CC4CCCCC4)cs3)=CC=CC21. The number of nitrogens with one attached hydrogen (secondary N) is 1. The maximum absolute atomic E-state index is 13.0. The second-order valence-corrected chi connectivity index (χ2v) is 11.0. The lowest BCUT2D eigenvalue weighted by Gasteiger charge is -2.30. The van der Waals surface area contributed by atoms with E-state index in [0.717, 1.165) is 35.9 Å². The third-order valence-corrected chi connectivity index (χ3v) is 8.14. The maximum atomic E-state index is 13.0. The minimum atomic E-state index is -4.72. The molecule has 2 aromatic rings. The van der Waals surface area contributed by atoms with Gasteiger partial charge in [0.05, 0.1) is 11.7 Å². The lowest BCUT2D eigenvalue weighted by atomic mass is 9.89. The lowest BCUT2D eigenvalue weighted by molar-refractivity contribution is -0.275. The molecule has 5 rings (SSSR count). The molecule has 1 saturated carbocycles. The van der Waals surface area contributed by atoms with Gasteiger partial charge in [-0.15, -0.1) is 24.5 Å². The van der Waals surface area contributed by atoms with Gasteiger partial charge >= 0.3 is 6.36 Å². The molecule has 1 fully saturated rings. The number of likely N-dealkylation sites (N-methyl/N-ethyl adjacent to an activating group) is 1. The van der Waals surface area contributed by atoms with Crippen LogP contribution in [0, 0.1) is 11.8 Å². The largest absolute Gasteiger partial charge is 0.573 e. The molecule has 2 aliphatic carbocycles. The van der Waals surface area contributed by atoms with Crippen molar-refractivity contribution in [1.29, 1.82) is 0 Å². The summed E-state index contributed by atoms with van der Waals surface area (Å²) in [7, 11) is 2.08. The molecule has 3 aliphatic rings. The van der Waals surface area contributed by atoms with Crippen LogP contribution in [0.1, 0.15) is 43.4 Å². The van der Waals surface area contributed by atoms with Crippen LogP contribution in [-0.4, -0.2) is 40.8 Å². The van der Waals surface area contributed by atoms with Gasteiger partial charge < -0.3 is 15.0 Å². The average Bonchev–Trinajstić information content (AvgIpc) is 3.47. The number of halogens is 3. The van der Waals surface area contributed by atoms with E-state index in [1.807, 2.05) is 5.38 Å². The number of hydrogen-bond acceptors (Lipinski definition) is 6. The first kappa shape index (κ1) is 25.9. The van der Waals surface area contributed by atoms with Gasteiger partial charge in [0.1, 0.15) is 5.75 Å². The highest BCUT2D eigenvalue weighted by Crippen LogP contribution is 2.33. The molecule has 0 saturated heterocycles. The van der Waals surface area contributed by atoms with E-state index in [2.05, 4.69) is 57.4 Å². The number of fused-ring (bicyclic) bond motifs is 1. The van der Waals surface area contributed by atoms with E-state index in [-0.39, 0.29) is 11.7 Å². The van der Waals surface area contributed by atoms with Crippen molar-refractivity contribution in [1.82, 2.24) is 14.8 Å². The number of para-hydroxylation sites is 1. The van der Waals surface area contributed by atoms with E-state index in [9.17, 15) is 13.2 Å². The number of rotatable bonds is 9. The normalized spacial score (nSPS) is 21.9. The van der Waals surface area contributed by atoms with Crippen molar-refractivity contribution in [3.05, 3.63) is 77.1 Å². The summed E-state index contributed by atoms with van der Waals surface area (Å²) >= 11 is 1.56. The zero-order valence-electron chi connectivity index (χ0n) is 21.0. The molecule has 0 bridgehead atoms. The zero-order valence-corrected chi connectivity index (χ0v) is 21.8. The van der Waals surface area contributed by atoms with E-state index < -0.39 is 6.36 Å². The van der Waals surface area contributed by atoms with Gasteiger partial charge in [0, 0.05) is 49.2 Å². The van der Waals surface area contributed by atoms with E-state index in [4.69, 9.17) is 4.98 Å². The van der Waals surface area contributed by atoms with Crippen LogP contribution in [0.25, 0.3) is 0 Å². The number of nitrogens with zero attached hydrogens (tertiary/aromatic N) is 3. The van der Waals surface area contributed by atoms with Crippen molar-refractivity contribution in [2.75, 3.05) is 18.9 Å². The van der Waals surface area contributed by atoms with Crippen LogP contribution in [0.3, 0.4) is 0 Å². The Balaban J connectivity index is 1.29. The van der Waals surface area contributed by atoms with E-state index in [1.165, 1.54) is 25.3 Å². The molecule has 1 N–H and O–H groups in total. The molecule has 1 aliphatic heterocycles. The Hall–Kier alpha value is -2.78. The molecule has 37 heavy (non-hydrogen) atoms.